The fraction of sp³-hybridized carbons (Fsp3) is 1.00. The van der Waals surface area contributed by atoms with Crippen LogP contribution in [0.2, 0.25) is 18.1 Å². The van der Waals surface area contributed by atoms with Crippen LogP contribution in [-0.2, 0) is 39.8 Å². The highest BCUT2D eigenvalue weighted by atomic mass is 34.2. The average Bonchev–Trinajstić information content (AvgIpc) is 3.21. The van der Waals surface area contributed by atoms with Crippen LogP contribution in [-0.4, -0.2) is 109 Å². The average molecular weight is 1110 g/mol. The summed E-state index contributed by atoms with van der Waals surface area (Å²) in [6.07, 6.45) is 11.5. The Bertz CT molecular complexity index is 875. The van der Waals surface area contributed by atoms with E-state index < -0.39 is 33.5 Å². The molecule has 1 aliphatic carbocycles. The normalized spacial score (nSPS) is 15.1. The molecule has 0 spiro atoms. The van der Waals surface area contributed by atoms with Crippen molar-refractivity contribution in [2.45, 2.75) is 138 Å². The molecule has 356 valence electrons. The van der Waals surface area contributed by atoms with Gasteiger partial charge in [-0.3, -0.25) is 0 Å². The van der Waals surface area contributed by atoms with Crippen LogP contribution in [0.5, 0.6) is 0 Å². The minimum absolute atomic E-state index is 0.607. The van der Waals surface area contributed by atoms with E-state index in [2.05, 4.69) is 61.0 Å². The molecule has 1 aliphatic rings. The van der Waals surface area contributed by atoms with Crippen LogP contribution in [0.4, 0.5) is 0 Å². The molecule has 0 radical (unpaired) electrons. The van der Waals surface area contributed by atoms with Gasteiger partial charge in [0, 0.05) is 101 Å². The molecule has 0 aliphatic heterocycles. The quantitative estimate of drug-likeness (QED) is 0.0329. The molecule has 9 nitrogen and oxygen atoms in total. The third kappa shape index (κ3) is 28.6. The largest absolute Gasteiger partial charge is 0.500 e. The first-order valence-corrected chi connectivity index (χ1v) is 44.3. The zero-order valence-electron chi connectivity index (χ0n) is 37.3. The van der Waals surface area contributed by atoms with Gasteiger partial charge in [-0.25, -0.2) is 0 Å². The van der Waals surface area contributed by atoms with Crippen LogP contribution >= 0.6 is 118 Å². The minimum Gasteiger partial charge on any atom is -0.374 e. The zero-order chi connectivity index (χ0) is 43.4. The fourth-order valence-corrected chi connectivity index (χ4v) is 63.3. The lowest BCUT2D eigenvalue weighted by molar-refractivity contribution is 0.0704. The smallest absolute Gasteiger partial charge is 0.374 e. The van der Waals surface area contributed by atoms with Crippen molar-refractivity contribution in [1.82, 2.24) is 0 Å². The molecular formula is C35H78O9S12Si3. The predicted molar refractivity (Wildman–Crippen MR) is 292 cm³/mol. The fourth-order valence-electron chi connectivity index (χ4n) is 6.30. The van der Waals surface area contributed by atoms with Gasteiger partial charge in [0.2, 0.25) is 0 Å². The summed E-state index contributed by atoms with van der Waals surface area (Å²) < 4.78 is 55.6. The Balaban J connectivity index is 3.05. The molecular weight excluding hydrogens is 1030 g/mol. The van der Waals surface area contributed by atoms with Crippen LogP contribution in [0.1, 0.15) is 120 Å². The van der Waals surface area contributed by atoms with E-state index in [0.717, 1.165) is 60.6 Å². The lowest BCUT2D eigenvalue weighted by Gasteiger charge is -2.35. The van der Waals surface area contributed by atoms with Crippen molar-refractivity contribution in [3.05, 3.63) is 0 Å². The Kier molecular flexibility index (Phi) is 42.1. The van der Waals surface area contributed by atoms with Crippen molar-refractivity contribution >= 4 is 145 Å². The second-order valence-electron chi connectivity index (χ2n) is 12.8. The molecule has 1 fully saturated rings. The summed E-state index contributed by atoms with van der Waals surface area (Å²) in [5, 5.41) is 0. The Morgan fingerprint density at radius 3 is 1.12 bits per heavy atom. The van der Waals surface area contributed by atoms with Crippen LogP contribution in [0.3, 0.4) is 0 Å². The monoisotopic (exact) mass is 1110 g/mol. The maximum atomic E-state index is 6.31. The first-order chi connectivity index (χ1) is 28.7. The van der Waals surface area contributed by atoms with Gasteiger partial charge in [-0.15, -0.1) is 0 Å². The molecule has 0 heterocycles. The van der Waals surface area contributed by atoms with Gasteiger partial charge in [-0.05, 0) is 173 Å². The predicted octanol–water partition coefficient (Wildman–Crippen LogP) is 16.2. The third-order valence-electron chi connectivity index (χ3n) is 8.51. The van der Waals surface area contributed by atoms with E-state index in [1.165, 1.54) is 44.3 Å². The van der Waals surface area contributed by atoms with Crippen molar-refractivity contribution in [2.75, 3.05) is 82.5 Å². The molecule has 1 rings (SSSR count). The van der Waals surface area contributed by atoms with Crippen LogP contribution in [0.15, 0.2) is 0 Å². The van der Waals surface area contributed by atoms with Gasteiger partial charge < -0.3 is 39.8 Å². The molecule has 0 aromatic heterocycles. The van der Waals surface area contributed by atoms with Gasteiger partial charge in [0.15, 0.2) is 0 Å². The van der Waals surface area contributed by atoms with E-state index in [1.807, 2.05) is 112 Å². The lowest BCUT2D eigenvalue weighted by Crippen LogP contribution is -2.46. The molecule has 0 bridgehead atoms. The molecule has 0 saturated heterocycles. The maximum absolute atomic E-state index is 6.31. The zero-order valence-corrected chi connectivity index (χ0v) is 50.1. The minimum atomic E-state index is -2.75. The Morgan fingerprint density at radius 1 is 0.407 bits per heavy atom. The molecule has 0 aromatic rings. The molecule has 0 atom stereocenters. The Morgan fingerprint density at radius 2 is 0.746 bits per heavy atom. The summed E-state index contributed by atoms with van der Waals surface area (Å²) in [5.74, 6) is 5.29. The van der Waals surface area contributed by atoms with E-state index in [4.69, 9.17) is 39.8 Å². The number of hydrogen-bond donors (Lipinski definition) is 0. The van der Waals surface area contributed by atoms with Crippen LogP contribution < -0.4 is 0 Å². The van der Waals surface area contributed by atoms with Gasteiger partial charge in [0.05, 0.1) is 0 Å². The Labute approximate surface area is 406 Å². The summed E-state index contributed by atoms with van der Waals surface area (Å²) in [6.45, 7) is 23.9. The first-order valence-electron chi connectivity index (χ1n) is 21.6. The van der Waals surface area contributed by atoms with Crippen molar-refractivity contribution in [2.24, 2.45) is 5.92 Å². The Hall–Kier alpha value is 4.49. The summed E-state index contributed by atoms with van der Waals surface area (Å²) in [5.41, 5.74) is 0. The summed E-state index contributed by atoms with van der Waals surface area (Å²) >= 11 is 0. The van der Waals surface area contributed by atoms with E-state index in [9.17, 15) is 0 Å². The number of rotatable bonds is 44. The molecule has 24 heteroatoms. The second kappa shape index (κ2) is 40.4. The van der Waals surface area contributed by atoms with Crippen molar-refractivity contribution in [1.29, 1.82) is 0 Å². The molecule has 0 unspecified atom stereocenters. The van der Waals surface area contributed by atoms with E-state index in [0.29, 0.717) is 59.5 Å². The topological polar surface area (TPSA) is 83.1 Å². The molecule has 0 N–H and O–H groups in total. The molecule has 59 heavy (non-hydrogen) atoms. The summed E-state index contributed by atoms with van der Waals surface area (Å²) in [4.78, 5) is 0. The van der Waals surface area contributed by atoms with Gasteiger partial charge >= 0.3 is 26.4 Å². The standard InChI is InChI=1S/C35H78O9S12Si3/c1-10-36-57(37-11-2,38-12-3)32-22-28-45-48-51-54-56(53-50-47-30-27-35-25-20-19-21-26-35,31-24-34-59(42-16-7,43-17-8)44-18-9)55-52-49-46-29-23-33-58(39-13-4,40-14-5)41-15-6/h35H,10-34H2,1-9H3. The van der Waals surface area contributed by atoms with Gasteiger partial charge in [-0.2, -0.15) is 0 Å². The van der Waals surface area contributed by atoms with Crippen molar-refractivity contribution in [3.63, 3.8) is 0 Å². The van der Waals surface area contributed by atoms with Crippen molar-refractivity contribution in [3.8, 4) is 0 Å². The summed E-state index contributed by atoms with van der Waals surface area (Å²) in [6, 6.07) is 2.55. The highest BCUT2D eigenvalue weighted by Crippen LogP contribution is 2.89. The molecule has 0 aromatic carbocycles. The van der Waals surface area contributed by atoms with Gasteiger partial charge in [0.25, 0.3) is 0 Å². The van der Waals surface area contributed by atoms with Crippen LogP contribution in [0, 0.1) is 5.92 Å². The maximum Gasteiger partial charge on any atom is 0.500 e. The lowest BCUT2D eigenvalue weighted by atomic mass is 9.88. The first kappa shape index (κ1) is 61.5. The highest BCUT2D eigenvalue weighted by molar-refractivity contribution is 9.74. The van der Waals surface area contributed by atoms with Crippen molar-refractivity contribution < 1.29 is 39.8 Å². The SMILES string of the molecule is CCO[Si](CCCSSSSS(CCC[Si](OCC)(OCC)OCC)(SSSCCC1CCCCC1)SSSSCCC[Si](OCC)(OCC)OCC)(OCC)OCC. The summed E-state index contributed by atoms with van der Waals surface area (Å²) in [7, 11) is 12.8. The van der Waals surface area contributed by atoms with E-state index in [-0.39, 0.29) is 0 Å². The number of hydrogen-bond acceptors (Lipinski definition) is 20. The van der Waals surface area contributed by atoms with Crippen LogP contribution in [0.25, 0.3) is 0 Å². The molecule has 0 amide bonds. The van der Waals surface area contributed by atoms with E-state index >= 15 is 0 Å². The highest BCUT2D eigenvalue weighted by Gasteiger charge is 2.42. The molecule has 1 saturated carbocycles. The van der Waals surface area contributed by atoms with Gasteiger partial charge in [0.1, 0.15) is 0 Å². The van der Waals surface area contributed by atoms with Gasteiger partial charge in [-0.1, -0.05) is 71.6 Å². The van der Waals surface area contributed by atoms with E-state index in [1.54, 1.807) is 0 Å². The second-order valence-corrected chi connectivity index (χ2v) is 47.8. The third-order valence-corrected chi connectivity index (χ3v) is 55.0.